The minimum atomic E-state index is -0.688. The molecule has 1 atom stereocenters. The Labute approximate surface area is 148 Å². The van der Waals surface area contributed by atoms with Gasteiger partial charge in [-0.3, -0.25) is 14.4 Å². The van der Waals surface area contributed by atoms with Gasteiger partial charge in [0.15, 0.2) is 5.43 Å². The number of aromatic nitrogens is 1. The van der Waals surface area contributed by atoms with Gasteiger partial charge in [0.1, 0.15) is 11.3 Å². The predicted molar refractivity (Wildman–Crippen MR) is 95.7 cm³/mol. The first-order chi connectivity index (χ1) is 12.4. The highest BCUT2D eigenvalue weighted by atomic mass is 16.5. The summed E-state index contributed by atoms with van der Waals surface area (Å²) >= 11 is 0. The van der Waals surface area contributed by atoms with E-state index in [4.69, 9.17) is 9.15 Å². The molecular formula is C20H17NO5. The van der Waals surface area contributed by atoms with E-state index in [1.54, 1.807) is 32.2 Å². The van der Waals surface area contributed by atoms with Crippen LogP contribution in [-0.4, -0.2) is 10.5 Å². The molecule has 2 aromatic heterocycles. The van der Waals surface area contributed by atoms with E-state index in [-0.39, 0.29) is 23.2 Å². The maximum Gasteiger partial charge on any atom is 0.312 e. The molecule has 3 aromatic rings. The number of aryl methyl sites for hydroxylation is 2. The molecule has 0 spiro atoms. The maximum absolute atomic E-state index is 13.0. The summed E-state index contributed by atoms with van der Waals surface area (Å²) < 4.78 is 12.4. The van der Waals surface area contributed by atoms with Crippen molar-refractivity contribution in [3.05, 3.63) is 73.5 Å². The molecule has 0 saturated carbocycles. The van der Waals surface area contributed by atoms with Crippen molar-refractivity contribution in [2.75, 3.05) is 0 Å². The van der Waals surface area contributed by atoms with E-state index in [0.717, 1.165) is 5.56 Å². The SMILES string of the molecule is Cc1ccc2occ([C@H]3CC(=O)Oc4cc(C)n(C)c(=O)c43)c(=O)c2c1. The quantitative estimate of drug-likeness (QED) is 0.630. The number of ether oxygens (including phenoxy) is 1. The molecular weight excluding hydrogens is 334 g/mol. The predicted octanol–water partition coefficient (Wildman–Crippen LogP) is 2.55. The Kier molecular flexibility index (Phi) is 3.57. The zero-order valence-corrected chi connectivity index (χ0v) is 14.7. The fourth-order valence-electron chi connectivity index (χ4n) is 3.41. The Hall–Kier alpha value is -3.15. The van der Waals surface area contributed by atoms with Gasteiger partial charge < -0.3 is 13.7 Å². The second-order valence-electron chi connectivity index (χ2n) is 6.68. The lowest BCUT2D eigenvalue weighted by molar-refractivity contribution is -0.135. The molecule has 0 bridgehead atoms. The van der Waals surface area contributed by atoms with Crippen LogP contribution in [0.1, 0.15) is 34.7 Å². The van der Waals surface area contributed by atoms with E-state index in [9.17, 15) is 14.4 Å². The molecule has 0 radical (unpaired) electrons. The van der Waals surface area contributed by atoms with Gasteiger partial charge in [0.05, 0.1) is 23.6 Å². The molecule has 4 rings (SSSR count). The smallest absolute Gasteiger partial charge is 0.312 e. The number of hydrogen-bond acceptors (Lipinski definition) is 5. The average Bonchev–Trinajstić information content (AvgIpc) is 2.60. The highest BCUT2D eigenvalue weighted by Gasteiger charge is 2.34. The number of fused-ring (bicyclic) bond motifs is 2. The molecule has 0 unspecified atom stereocenters. The number of hydrogen-bond donors (Lipinski definition) is 0. The molecule has 132 valence electrons. The van der Waals surface area contributed by atoms with Crippen molar-refractivity contribution in [1.29, 1.82) is 0 Å². The molecule has 0 aliphatic carbocycles. The second kappa shape index (κ2) is 5.69. The standard InChI is InChI=1S/C20H17NO5/c1-10-4-5-15-13(6-10)19(23)14(9-25-15)12-8-17(22)26-16-7-11(2)21(3)20(24)18(12)16/h4-7,9,12H,8H2,1-3H3/t12-/m1/s1. The summed E-state index contributed by atoms with van der Waals surface area (Å²) in [5.41, 5.74) is 2.17. The number of nitrogens with zero attached hydrogens (tertiary/aromatic N) is 1. The van der Waals surface area contributed by atoms with Gasteiger partial charge in [-0.1, -0.05) is 11.6 Å². The van der Waals surface area contributed by atoms with Crippen LogP contribution in [-0.2, 0) is 11.8 Å². The lowest BCUT2D eigenvalue weighted by atomic mass is 9.87. The van der Waals surface area contributed by atoms with Crippen molar-refractivity contribution >= 4 is 16.9 Å². The van der Waals surface area contributed by atoms with Crippen molar-refractivity contribution in [1.82, 2.24) is 4.57 Å². The van der Waals surface area contributed by atoms with Crippen molar-refractivity contribution in [3.8, 4) is 5.75 Å². The van der Waals surface area contributed by atoms with Crippen LogP contribution >= 0.6 is 0 Å². The lowest BCUT2D eigenvalue weighted by Gasteiger charge is -2.24. The van der Waals surface area contributed by atoms with Crippen LogP contribution < -0.4 is 15.7 Å². The summed E-state index contributed by atoms with van der Waals surface area (Å²) in [4.78, 5) is 37.9. The van der Waals surface area contributed by atoms with E-state index in [2.05, 4.69) is 0 Å². The number of pyridine rings is 1. The Morgan fingerprint density at radius 3 is 2.65 bits per heavy atom. The summed E-state index contributed by atoms with van der Waals surface area (Å²) in [5.74, 6) is -0.943. The number of rotatable bonds is 1. The summed E-state index contributed by atoms with van der Waals surface area (Å²) in [6.45, 7) is 3.64. The van der Waals surface area contributed by atoms with Gasteiger partial charge >= 0.3 is 5.97 Å². The second-order valence-corrected chi connectivity index (χ2v) is 6.68. The van der Waals surface area contributed by atoms with Crippen LogP contribution in [0, 0.1) is 13.8 Å². The third kappa shape index (κ3) is 2.37. The molecule has 1 aromatic carbocycles. The average molecular weight is 351 g/mol. The Morgan fingerprint density at radius 2 is 1.88 bits per heavy atom. The third-order valence-electron chi connectivity index (χ3n) is 4.94. The number of carbonyl (C=O) groups excluding carboxylic acids is 1. The molecule has 26 heavy (non-hydrogen) atoms. The zero-order valence-electron chi connectivity index (χ0n) is 14.7. The first kappa shape index (κ1) is 16.3. The van der Waals surface area contributed by atoms with E-state index in [0.29, 0.717) is 27.8 Å². The van der Waals surface area contributed by atoms with Gasteiger partial charge in [-0.05, 0) is 26.0 Å². The molecule has 3 heterocycles. The minimum Gasteiger partial charge on any atom is -0.464 e. The molecule has 0 saturated heterocycles. The summed E-state index contributed by atoms with van der Waals surface area (Å²) in [6.07, 6.45) is 1.28. The van der Waals surface area contributed by atoms with Gasteiger partial charge in [0.2, 0.25) is 0 Å². The number of benzene rings is 1. The number of carbonyl (C=O) groups is 1. The van der Waals surface area contributed by atoms with Gasteiger partial charge in [-0.2, -0.15) is 0 Å². The molecule has 0 N–H and O–H groups in total. The highest BCUT2D eigenvalue weighted by Crippen LogP contribution is 2.36. The normalized spacial score (nSPS) is 16.4. The fraction of sp³-hybridized carbons (Fsp3) is 0.250. The zero-order chi connectivity index (χ0) is 18.6. The van der Waals surface area contributed by atoms with Crippen LogP contribution in [0.5, 0.6) is 5.75 Å². The van der Waals surface area contributed by atoms with Crippen LogP contribution in [0.15, 0.2) is 44.5 Å². The van der Waals surface area contributed by atoms with Crippen LogP contribution in [0.4, 0.5) is 0 Å². The first-order valence-corrected chi connectivity index (χ1v) is 8.30. The molecule has 1 aliphatic heterocycles. The monoisotopic (exact) mass is 351 g/mol. The van der Waals surface area contributed by atoms with Gasteiger partial charge in [0, 0.05) is 30.3 Å². The molecule has 6 nitrogen and oxygen atoms in total. The summed E-state index contributed by atoms with van der Waals surface area (Å²) in [7, 11) is 1.65. The highest BCUT2D eigenvalue weighted by molar-refractivity contribution is 5.80. The van der Waals surface area contributed by atoms with Crippen molar-refractivity contribution in [2.45, 2.75) is 26.2 Å². The molecule has 0 amide bonds. The van der Waals surface area contributed by atoms with E-state index >= 15 is 0 Å². The molecule has 0 fully saturated rings. The van der Waals surface area contributed by atoms with E-state index < -0.39 is 11.9 Å². The largest absolute Gasteiger partial charge is 0.464 e. The fourth-order valence-corrected chi connectivity index (χ4v) is 3.41. The van der Waals surface area contributed by atoms with Crippen molar-refractivity contribution in [3.63, 3.8) is 0 Å². The summed E-state index contributed by atoms with van der Waals surface area (Å²) in [6, 6.07) is 6.99. The summed E-state index contributed by atoms with van der Waals surface area (Å²) in [5, 5.41) is 0.437. The van der Waals surface area contributed by atoms with Gasteiger partial charge in [-0.25, -0.2) is 0 Å². The molecule has 6 heteroatoms. The molecule has 1 aliphatic rings. The number of esters is 1. The van der Waals surface area contributed by atoms with Crippen LogP contribution in [0.2, 0.25) is 0 Å². The Morgan fingerprint density at radius 1 is 1.12 bits per heavy atom. The topological polar surface area (TPSA) is 78.5 Å². The minimum absolute atomic E-state index is 0.0760. The van der Waals surface area contributed by atoms with Gasteiger partial charge in [-0.15, -0.1) is 0 Å². The van der Waals surface area contributed by atoms with E-state index in [1.807, 2.05) is 13.0 Å². The first-order valence-electron chi connectivity index (χ1n) is 8.30. The Bertz CT molecular complexity index is 1190. The van der Waals surface area contributed by atoms with Crippen molar-refractivity contribution in [2.24, 2.45) is 7.05 Å². The third-order valence-corrected chi connectivity index (χ3v) is 4.94. The van der Waals surface area contributed by atoms with E-state index in [1.165, 1.54) is 10.8 Å². The van der Waals surface area contributed by atoms with Crippen LogP contribution in [0.3, 0.4) is 0 Å². The van der Waals surface area contributed by atoms with Crippen molar-refractivity contribution < 1.29 is 13.9 Å². The van der Waals surface area contributed by atoms with Crippen LogP contribution in [0.25, 0.3) is 11.0 Å². The maximum atomic E-state index is 13.0. The Balaban J connectivity index is 2.01. The van der Waals surface area contributed by atoms with Gasteiger partial charge in [0.25, 0.3) is 5.56 Å². The lowest BCUT2D eigenvalue weighted by Crippen LogP contribution is -2.33.